The Bertz CT molecular complexity index is 977. The van der Waals surface area contributed by atoms with Gasteiger partial charge in [0.25, 0.3) is 0 Å². The molecule has 28 heavy (non-hydrogen) atoms. The number of pyridine rings is 1. The first-order valence-electron chi connectivity index (χ1n) is 8.91. The lowest BCUT2D eigenvalue weighted by molar-refractivity contribution is -0.137. The molecule has 0 spiro atoms. The van der Waals surface area contributed by atoms with Crippen LogP contribution in [0.25, 0.3) is 16.2 Å². The summed E-state index contributed by atoms with van der Waals surface area (Å²) in [6.45, 7) is 0.736. The Morgan fingerprint density at radius 1 is 1.21 bits per heavy atom. The Morgan fingerprint density at radius 3 is 2.68 bits per heavy atom. The summed E-state index contributed by atoms with van der Waals surface area (Å²) in [7, 11) is 0. The van der Waals surface area contributed by atoms with E-state index in [1.165, 1.54) is 28.2 Å². The third-order valence-electron chi connectivity index (χ3n) is 4.96. The molecule has 1 aliphatic carbocycles. The highest BCUT2D eigenvalue weighted by atomic mass is 32.1. The Morgan fingerprint density at radius 2 is 1.96 bits per heavy atom. The van der Waals surface area contributed by atoms with E-state index in [9.17, 15) is 18.3 Å². The van der Waals surface area contributed by atoms with Crippen LogP contribution in [0, 0.1) is 5.92 Å². The summed E-state index contributed by atoms with van der Waals surface area (Å²) in [5.41, 5.74) is 5.05. The molecule has 11 heteroatoms. The maximum absolute atomic E-state index is 13.1. The van der Waals surface area contributed by atoms with E-state index in [1.807, 2.05) is 0 Å². The molecule has 4 rings (SSSR count). The van der Waals surface area contributed by atoms with Crippen LogP contribution in [0.15, 0.2) is 18.5 Å². The largest absolute Gasteiger partial charge is 0.419 e. The lowest BCUT2D eigenvalue weighted by atomic mass is 9.87. The smallest absolute Gasteiger partial charge is 0.393 e. The maximum Gasteiger partial charge on any atom is 0.419 e. The lowest BCUT2D eigenvalue weighted by Gasteiger charge is -2.25. The van der Waals surface area contributed by atoms with Crippen molar-refractivity contribution in [3.05, 3.63) is 24.0 Å². The van der Waals surface area contributed by atoms with Crippen LogP contribution in [0.3, 0.4) is 0 Å². The minimum atomic E-state index is -4.58. The Kier molecular flexibility index (Phi) is 4.88. The molecule has 0 atom stereocenters. The zero-order valence-electron chi connectivity index (χ0n) is 14.8. The minimum Gasteiger partial charge on any atom is -0.393 e. The predicted octanol–water partition coefficient (Wildman–Crippen LogP) is 3.42. The molecular weight excluding hydrogens is 393 g/mol. The number of alkyl halides is 3. The number of aromatic nitrogens is 4. The molecule has 150 valence electrons. The quantitative estimate of drug-likeness (QED) is 0.607. The van der Waals surface area contributed by atoms with E-state index in [0.29, 0.717) is 21.7 Å². The molecule has 1 aliphatic rings. The third kappa shape index (κ3) is 3.76. The van der Waals surface area contributed by atoms with Gasteiger partial charge in [0.15, 0.2) is 0 Å². The molecule has 3 aromatic rings. The van der Waals surface area contributed by atoms with Gasteiger partial charge in [0.1, 0.15) is 5.82 Å². The highest BCUT2D eigenvalue weighted by molar-refractivity contribution is 7.20. The van der Waals surface area contributed by atoms with E-state index >= 15 is 0 Å². The summed E-state index contributed by atoms with van der Waals surface area (Å²) in [6, 6.07) is 0.964. The first-order valence-corrected chi connectivity index (χ1v) is 9.72. The van der Waals surface area contributed by atoms with Gasteiger partial charge >= 0.3 is 6.18 Å². The molecule has 4 N–H and O–H groups in total. The van der Waals surface area contributed by atoms with Crippen molar-refractivity contribution in [2.24, 2.45) is 5.92 Å². The number of nitrogens with one attached hydrogen (secondary N) is 1. The van der Waals surface area contributed by atoms with Gasteiger partial charge in [-0.25, -0.2) is 14.5 Å². The van der Waals surface area contributed by atoms with Crippen molar-refractivity contribution in [3.8, 4) is 11.3 Å². The first-order chi connectivity index (χ1) is 13.3. The number of imidazole rings is 1. The van der Waals surface area contributed by atoms with E-state index in [2.05, 4.69) is 20.4 Å². The third-order valence-corrected chi connectivity index (χ3v) is 5.84. The van der Waals surface area contributed by atoms with Crippen molar-refractivity contribution in [1.82, 2.24) is 19.6 Å². The first kappa shape index (κ1) is 18.9. The van der Waals surface area contributed by atoms with Crippen LogP contribution in [-0.4, -0.2) is 37.3 Å². The van der Waals surface area contributed by atoms with Gasteiger partial charge in [0, 0.05) is 18.3 Å². The summed E-state index contributed by atoms with van der Waals surface area (Å²) in [6.07, 6.45) is 1.51. The number of aliphatic hydroxyl groups excluding tert-OH is 1. The van der Waals surface area contributed by atoms with Gasteiger partial charge in [-0.15, -0.1) is 5.10 Å². The van der Waals surface area contributed by atoms with Crippen molar-refractivity contribution in [2.45, 2.75) is 38.0 Å². The number of anilines is 2. The van der Waals surface area contributed by atoms with E-state index in [0.717, 1.165) is 38.3 Å². The van der Waals surface area contributed by atoms with Crippen LogP contribution in [-0.2, 0) is 6.18 Å². The fourth-order valence-electron chi connectivity index (χ4n) is 3.38. The van der Waals surface area contributed by atoms with Gasteiger partial charge in [-0.1, -0.05) is 11.3 Å². The molecule has 1 fully saturated rings. The van der Waals surface area contributed by atoms with Crippen LogP contribution >= 0.6 is 11.3 Å². The number of hydrogen-bond acceptors (Lipinski definition) is 7. The van der Waals surface area contributed by atoms with Crippen LogP contribution < -0.4 is 11.1 Å². The van der Waals surface area contributed by atoms with Gasteiger partial charge in [0.2, 0.25) is 10.1 Å². The Hall–Kier alpha value is -2.40. The van der Waals surface area contributed by atoms with Crippen molar-refractivity contribution in [2.75, 3.05) is 17.6 Å². The van der Waals surface area contributed by atoms with Crippen LogP contribution in [0.5, 0.6) is 0 Å². The maximum atomic E-state index is 13.1. The minimum absolute atomic E-state index is 0.197. The normalized spacial score (nSPS) is 20.6. The van der Waals surface area contributed by atoms with Gasteiger partial charge in [0.05, 0.1) is 23.6 Å². The van der Waals surface area contributed by atoms with Gasteiger partial charge in [-0.05, 0) is 37.7 Å². The van der Waals surface area contributed by atoms with E-state index in [1.54, 1.807) is 0 Å². The second kappa shape index (κ2) is 7.21. The molecule has 0 bridgehead atoms. The highest BCUT2D eigenvalue weighted by Crippen LogP contribution is 2.35. The van der Waals surface area contributed by atoms with Crippen molar-refractivity contribution >= 4 is 27.2 Å². The predicted molar refractivity (Wildman–Crippen MR) is 100.0 cm³/mol. The SMILES string of the molecule is Nc1ncc(-c2cnc3sc(NC[C@H]4CC[C@H](O)CC4)nn23)cc1C(F)(F)F. The molecule has 7 nitrogen and oxygen atoms in total. The Labute approximate surface area is 162 Å². The molecular formula is C17H19F3N6OS. The molecule has 0 amide bonds. The molecule has 0 aliphatic heterocycles. The monoisotopic (exact) mass is 412 g/mol. The number of aliphatic hydroxyl groups is 1. The highest BCUT2D eigenvalue weighted by Gasteiger charge is 2.34. The number of nitrogen functional groups attached to an aromatic ring is 1. The van der Waals surface area contributed by atoms with Crippen LogP contribution in [0.4, 0.5) is 24.1 Å². The van der Waals surface area contributed by atoms with Crippen LogP contribution in [0.1, 0.15) is 31.2 Å². The second-order valence-corrected chi connectivity index (χ2v) is 7.91. The van der Waals surface area contributed by atoms with E-state index in [4.69, 9.17) is 5.73 Å². The molecule has 0 unspecified atom stereocenters. The molecule has 0 radical (unpaired) electrons. The number of nitrogens with two attached hydrogens (primary N) is 1. The Balaban J connectivity index is 1.55. The second-order valence-electron chi connectivity index (χ2n) is 6.96. The van der Waals surface area contributed by atoms with Crippen LogP contribution in [0.2, 0.25) is 0 Å². The average molecular weight is 412 g/mol. The number of halogens is 3. The van der Waals surface area contributed by atoms with E-state index < -0.39 is 17.6 Å². The fraction of sp³-hybridized carbons (Fsp3) is 0.471. The number of hydrogen-bond donors (Lipinski definition) is 3. The summed E-state index contributed by atoms with van der Waals surface area (Å²) >= 11 is 1.33. The zero-order valence-corrected chi connectivity index (χ0v) is 15.6. The standard InChI is InChI=1S/C17H19F3N6OS/c18-17(19,20)12-5-10(7-22-14(12)21)13-8-24-16-26(13)25-15(28-16)23-6-9-1-3-11(27)4-2-9/h5,7-9,11,27H,1-4,6H2,(H2,21,22)(H,23,25)/t9-,11-. The number of fused-ring (bicyclic) bond motifs is 1. The molecule has 0 saturated heterocycles. The van der Waals surface area contributed by atoms with Gasteiger partial charge in [-0.3, -0.25) is 0 Å². The average Bonchev–Trinajstić information content (AvgIpc) is 3.21. The van der Waals surface area contributed by atoms with Gasteiger partial charge < -0.3 is 16.2 Å². The molecule has 3 aromatic heterocycles. The fourth-order valence-corrected chi connectivity index (χ4v) is 4.17. The van der Waals surface area contributed by atoms with Crippen molar-refractivity contribution in [3.63, 3.8) is 0 Å². The molecule has 3 heterocycles. The molecule has 1 saturated carbocycles. The zero-order chi connectivity index (χ0) is 19.9. The summed E-state index contributed by atoms with van der Waals surface area (Å²) in [5.74, 6) is -0.0926. The van der Waals surface area contributed by atoms with E-state index in [-0.39, 0.29) is 11.7 Å². The van der Waals surface area contributed by atoms with Crippen molar-refractivity contribution in [1.29, 1.82) is 0 Å². The van der Waals surface area contributed by atoms with Gasteiger partial charge in [-0.2, -0.15) is 13.2 Å². The van der Waals surface area contributed by atoms with Crippen molar-refractivity contribution < 1.29 is 18.3 Å². The number of rotatable bonds is 4. The summed E-state index contributed by atoms with van der Waals surface area (Å²) in [5, 5.41) is 17.9. The summed E-state index contributed by atoms with van der Waals surface area (Å²) in [4.78, 5) is 8.49. The topological polar surface area (TPSA) is 101 Å². The lowest BCUT2D eigenvalue weighted by Crippen LogP contribution is -2.23. The molecule has 0 aromatic carbocycles. The summed E-state index contributed by atoms with van der Waals surface area (Å²) < 4.78 is 40.8. The number of nitrogens with zero attached hydrogens (tertiary/aromatic N) is 4.